The van der Waals surface area contributed by atoms with Crippen LogP contribution in [0.4, 0.5) is 0 Å². The lowest BCUT2D eigenvalue weighted by atomic mass is 10.2. The van der Waals surface area contributed by atoms with Crippen LogP contribution in [0.25, 0.3) is 0 Å². The van der Waals surface area contributed by atoms with Crippen LogP contribution in [0.3, 0.4) is 0 Å². The molecule has 0 rings (SSSR count). The molecule has 0 amide bonds. The Morgan fingerprint density at radius 3 is 2.82 bits per heavy atom. The summed E-state index contributed by atoms with van der Waals surface area (Å²) in [6, 6.07) is 0. The number of hydrogen-bond acceptors (Lipinski definition) is 2. The summed E-state index contributed by atoms with van der Waals surface area (Å²) in [5.74, 6) is -0.346. The molecule has 0 N–H and O–H groups in total. The van der Waals surface area contributed by atoms with Gasteiger partial charge in [0.15, 0.2) is 0 Å². The first-order valence-corrected chi connectivity index (χ1v) is 3.83. The molecular formula is C9H15O2. The highest BCUT2D eigenvalue weighted by Gasteiger charge is 2.04. The zero-order chi connectivity index (χ0) is 8.69. The van der Waals surface area contributed by atoms with Gasteiger partial charge in [0.25, 0.3) is 0 Å². The summed E-state index contributed by atoms with van der Waals surface area (Å²) in [4.78, 5) is 10.6. The van der Waals surface area contributed by atoms with Crippen molar-refractivity contribution in [3.8, 4) is 0 Å². The molecule has 0 heterocycles. The number of carbonyl (C=O) groups excluding carboxylic acids is 1. The molecule has 2 nitrogen and oxygen atoms in total. The van der Waals surface area contributed by atoms with Gasteiger partial charge >= 0.3 is 5.97 Å². The summed E-state index contributed by atoms with van der Waals surface area (Å²) in [5, 5.41) is 0. The summed E-state index contributed by atoms with van der Waals surface area (Å²) in [7, 11) is 0. The van der Waals surface area contributed by atoms with Gasteiger partial charge in [-0.25, -0.2) is 4.79 Å². The van der Waals surface area contributed by atoms with Crippen LogP contribution in [-0.4, -0.2) is 12.1 Å². The van der Waals surface area contributed by atoms with E-state index in [1.807, 2.05) is 6.92 Å². The Balaban J connectivity index is 3.43. The molecule has 63 valence electrons. The molecule has 0 aromatic rings. The monoisotopic (exact) mass is 155 g/mol. The fourth-order valence-corrected chi connectivity index (χ4v) is 0.737. The van der Waals surface area contributed by atoms with E-state index in [0.717, 1.165) is 19.3 Å². The van der Waals surface area contributed by atoms with Crippen molar-refractivity contribution in [3.63, 3.8) is 0 Å². The second-order valence-corrected chi connectivity index (χ2v) is 2.45. The number of ether oxygens (including phenoxy) is 1. The van der Waals surface area contributed by atoms with E-state index in [1.54, 1.807) is 0 Å². The minimum absolute atomic E-state index is 0.0118. The van der Waals surface area contributed by atoms with Gasteiger partial charge in [0.2, 0.25) is 0 Å². The van der Waals surface area contributed by atoms with Gasteiger partial charge in [-0.2, -0.15) is 0 Å². The second kappa shape index (κ2) is 5.96. The van der Waals surface area contributed by atoms with Gasteiger partial charge in [-0.3, -0.25) is 0 Å². The van der Waals surface area contributed by atoms with Gasteiger partial charge in [-0.05, 0) is 19.8 Å². The van der Waals surface area contributed by atoms with Crippen LogP contribution in [0.5, 0.6) is 0 Å². The smallest absolute Gasteiger partial charge is 0.330 e. The molecule has 0 saturated carbocycles. The fourth-order valence-electron chi connectivity index (χ4n) is 0.737. The minimum atomic E-state index is -0.346. The highest BCUT2D eigenvalue weighted by molar-refractivity contribution is 5.81. The van der Waals surface area contributed by atoms with E-state index in [2.05, 4.69) is 13.5 Å². The SMILES string of the molecule is [CH2]CCCC(C)OC(=O)C=C. The number of hydrogen-bond donors (Lipinski definition) is 0. The summed E-state index contributed by atoms with van der Waals surface area (Å²) >= 11 is 0. The van der Waals surface area contributed by atoms with Gasteiger partial charge in [0, 0.05) is 6.08 Å². The maximum absolute atomic E-state index is 10.6. The zero-order valence-electron chi connectivity index (χ0n) is 7.01. The van der Waals surface area contributed by atoms with Crippen molar-refractivity contribution in [1.82, 2.24) is 0 Å². The third kappa shape index (κ3) is 5.64. The van der Waals surface area contributed by atoms with Crippen LogP contribution < -0.4 is 0 Å². The van der Waals surface area contributed by atoms with Crippen LogP contribution in [0.15, 0.2) is 12.7 Å². The van der Waals surface area contributed by atoms with Crippen molar-refractivity contribution in [1.29, 1.82) is 0 Å². The van der Waals surface area contributed by atoms with Gasteiger partial charge in [-0.1, -0.05) is 19.9 Å². The molecular weight excluding hydrogens is 140 g/mol. The lowest BCUT2D eigenvalue weighted by Crippen LogP contribution is -2.12. The summed E-state index contributed by atoms with van der Waals surface area (Å²) < 4.78 is 4.92. The average molecular weight is 155 g/mol. The molecule has 11 heavy (non-hydrogen) atoms. The van der Waals surface area contributed by atoms with Crippen molar-refractivity contribution in [2.75, 3.05) is 0 Å². The molecule has 0 aliphatic carbocycles. The van der Waals surface area contributed by atoms with Crippen LogP contribution in [0, 0.1) is 6.92 Å². The molecule has 0 spiro atoms. The third-order valence-electron chi connectivity index (χ3n) is 1.34. The maximum Gasteiger partial charge on any atom is 0.330 e. The van der Waals surface area contributed by atoms with E-state index in [1.165, 1.54) is 6.08 Å². The van der Waals surface area contributed by atoms with Crippen molar-refractivity contribution in [3.05, 3.63) is 19.6 Å². The Labute approximate surface area is 68.2 Å². The van der Waals surface area contributed by atoms with Crippen LogP contribution in [0.2, 0.25) is 0 Å². The Hall–Kier alpha value is -0.790. The maximum atomic E-state index is 10.6. The zero-order valence-corrected chi connectivity index (χ0v) is 7.01. The first-order chi connectivity index (χ1) is 5.20. The van der Waals surface area contributed by atoms with Crippen molar-refractivity contribution in [2.45, 2.75) is 32.3 Å². The Bertz CT molecular complexity index is 130. The molecule has 2 heteroatoms. The topological polar surface area (TPSA) is 26.3 Å². The van der Waals surface area contributed by atoms with E-state index in [4.69, 9.17) is 4.74 Å². The summed E-state index contributed by atoms with van der Waals surface area (Å²) in [6.07, 6.45) is 3.92. The van der Waals surface area contributed by atoms with E-state index in [-0.39, 0.29) is 12.1 Å². The summed E-state index contributed by atoms with van der Waals surface area (Å²) in [6.45, 7) is 8.88. The second-order valence-electron chi connectivity index (χ2n) is 2.45. The third-order valence-corrected chi connectivity index (χ3v) is 1.34. The van der Waals surface area contributed by atoms with Gasteiger partial charge in [0.05, 0.1) is 6.10 Å². The fraction of sp³-hybridized carbons (Fsp3) is 0.556. The highest BCUT2D eigenvalue weighted by Crippen LogP contribution is 2.03. The van der Waals surface area contributed by atoms with Gasteiger partial charge in [0.1, 0.15) is 0 Å². The molecule has 1 atom stereocenters. The predicted octanol–water partition coefficient (Wildman–Crippen LogP) is 2.11. The van der Waals surface area contributed by atoms with Crippen molar-refractivity contribution >= 4 is 5.97 Å². The number of unbranched alkanes of at least 4 members (excludes halogenated alkanes) is 1. The molecule has 1 radical (unpaired) electrons. The molecule has 0 aromatic carbocycles. The predicted molar refractivity (Wildman–Crippen MR) is 45.0 cm³/mol. The van der Waals surface area contributed by atoms with E-state index >= 15 is 0 Å². The Morgan fingerprint density at radius 2 is 2.36 bits per heavy atom. The number of esters is 1. The van der Waals surface area contributed by atoms with E-state index in [0.29, 0.717) is 0 Å². The number of carbonyl (C=O) groups is 1. The van der Waals surface area contributed by atoms with Crippen molar-refractivity contribution in [2.24, 2.45) is 0 Å². The highest BCUT2D eigenvalue weighted by atomic mass is 16.5. The van der Waals surface area contributed by atoms with Crippen LogP contribution >= 0.6 is 0 Å². The van der Waals surface area contributed by atoms with E-state index < -0.39 is 0 Å². The molecule has 1 unspecified atom stereocenters. The Kier molecular flexibility index (Phi) is 5.53. The van der Waals surface area contributed by atoms with Gasteiger partial charge < -0.3 is 4.74 Å². The summed E-state index contributed by atoms with van der Waals surface area (Å²) in [5.41, 5.74) is 0. The molecule has 0 aliphatic rings. The molecule has 0 bridgehead atoms. The van der Waals surface area contributed by atoms with Gasteiger partial charge in [-0.15, -0.1) is 0 Å². The molecule has 0 aliphatic heterocycles. The minimum Gasteiger partial charge on any atom is -0.460 e. The number of rotatable bonds is 5. The van der Waals surface area contributed by atoms with Crippen molar-refractivity contribution < 1.29 is 9.53 Å². The first-order valence-electron chi connectivity index (χ1n) is 3.83. The molecule has 0 saturated heterocycles. The first kappa shape index (κ1) is 10.2. The quantitative estimate of drug-likeness (QED) is 0.449. The molecule has 0 fully saturated rings. The van der Waals surface area contributed by atoms with Crippen LogP contribution in [0.1, 0.15) is 26.2 Å². The van der Waals surface area contributed by atoms with Crippen LogP contribution in [-0.2, 0) is 9.53 Å². The normalized spacial score (nSPS) is 12.2. The largest absolute Gasteiger partial charge is 0.460 e. The lowest BCUT2D eigenvalue weighted by molar-refractivity contribution is -0.142. The van der Waals surface area contributed by atoms with E-state index in [9.17, 15) is 4.79 Å². The molecule has 0 aromatic heterocycles. The standard InChI is InChI=1S/C9H15O2/c1-4-6-7-8(3)11-9(10)5-2/h5,8H,1-2,4,6-7H2,3H3. The lowest BCUT2D eigenvalue weighted by Gasteiger charge is -2.10. The Morgan fingerprint density at radius 1 is 1.73 bits per heavy atom. The average Bonchev–Trinajstić information content (AvgIpc) is 2.00.